The zero-order valence-electron chi connectivity index (χ0n) is 17.6. The molecule has 3 aliphatic rings. The molecule has 0 atom stereocenters. The molecule has 30 heavy (non-hydrogen) atoms. The van der Waals surface area contributed by atoms with Crippen LogP contribution in [0.1, 0.15) is 63.8 Å². The monoisotopic (exact) mass is 432 g/mol. The van der Waals surface area contributed by atoms with E-state index in [1.165, 1.54) is 44.8 Å². The van der Waals surface area contributed by atoms with Crippen LogP contribution in [-0.4, -0.2) is 55.5 Å². The first-order valence-electron chi connectivity index (χ1n) is 11.3. The summed E-state index contributed by atoms with van der Waals surface area (Å²) in [6.07, 6.45) is 16.4. The van der Waals surface area contributed by atoms with Crippen LogP contribution in [0.25, 0.3) is 11.3 Å². The van der Waals surface area contributed by atoms with Gasteiger partial charge in [0.25, 0.3) is 0 Å². The molecule has 7 nitrogen and oxygen atoms in total. The van der Waals surface area contributed by atoms with Gasteiger partial charge in [-0.15, -0.1) is 0 Å². The first-order valence-corrected chi connectivity index (χ1v) is 11.7. The minimum atomic E-state index is 0.0359. The molecule has 0 spiro atoms. The summed E-state index contributed by atoms with van der Waals surface area (Å²) in [7, 11) is 0. The van der Waals surface area contributed by atoms with Crippen molar-refractivity contribution in [3.8, 4) is 11.3 Å². The first kappa shape index (κ1) is 21.5. The van der Waals surface area contributed by atoms with Crippen molar-refractivity contribution >= 4 is 17.5 Å². The Hall–Kier alpha value is -1.70. The normalized spacial score (nSPS) is 21.3. The second-order valence-electron chi connectivity index (χ2n) is 8.90. The number of aliphatic hydroxyl groups excluding tert-OH is 1. The van der Waals surface area contributed by atoms with Gasteiger partial charge in [-0.05, 0) is 44.4 Å². The first-order chi connectivity index (χ1) is 14.6. The molecule has 0 aromatic carbocycles. The van der Waals surface area contributed by atoms with Gasteiger partial charge in [-0.25, -0.2) is 9.97 Å². The lowest BCUT2D eigenvalue weighted by atomic mass is 9.98. The smallest absolute Gasteiger partial charge is 0.220 e. The topological polar surface area (TPSA) is 93.1 Å². The number of aromatic nitrogens is 4. The van der Waals surface area contributed by atoms with E-state index >= 15 is 0 Å². The molecule has 0 radical (unpaired) electrons. The van der Waals surface area contributed by atoms with E-state index in [2.05, 4.69) is 24.6 Å². The van der Waals surface area contributed by atoms with E-state index < -0.39 is 0 Å². The number of hydrogen-bond donors (Lipinski definition) is 2. The number of hydrogen-bond acceptors (Lipinski definition) is 6. The lowest BCUT2D eigenvalue weighted by Gasteiger charge is -2.32. The third-order valence-corrected chi connectivity index (χ3v) is 6.63. The van der Waals surface area contributed by atoms with Crippen LogP contribution in [0.5, 0.6) is 0 Å². The van der Waals surface area contributed by atoms with E-state index in [-0.39, 0.29) is 12.1 Å². The van der Waals surface area contributed by atoms with Gasteiger partial charge in [0, 0.05) is 31.4 Å². The molecule has 2 saturated carbocycles. The van der Waals surface area contributed by atoms with Gasteiger partial charge in [0.15, 0.2) is 0 Å². The van der Waals surface area contributed by atoms with Crippen molar-refractivity contribution in [3.63, 3.8) is 0 Å². The van der Waals surface area contributed by atoms with Crippen molar-refractivity contribution in [2.45, 2.75) is 69.9 Å². The van der Waals surface area contributed by atoms with Crippen molar-refractivity contribution in [2.75, 3.05) is 25.4 Å². The fraction of sp³-hybridized carbons (Fsp3) is 0.682. The van der Waals surface area contributed by atoms with Crippen molar-refractivity contribution in [2.24, 2.45) is 5.92 Å². The van der Waals surface area contributed by atoms with Gasteiger partial charge in [0.2, 0.25) is 5.95 Å². The predicted octanol–water partition coefficient (Wildman–Crippen LogP) is 3.93. The molecule has 5 rings (SSSR count). The second-order valence-corrected chi connectivity index (χ2v) is 9.31. The molecule has 2 aromatic heterocycles. The molecule has 1 saturated heterocycles. The van der Waals surface area contributed by atoms with Gasteiger partial charge in [-0.1, -0.05) is 30.9 Å². The van der Waals surface area contributed by atoms with Crippen molar-refractivity contribution in [1.29, 1.82) is 0 Å². The standard InChI is InChI=1S/C16H21ClN6.C6H12O/c17-14-8-19-16(18)21-15(14)12-7-20-23(10-12)13-3-5-22(6-4-13)9-11-1-2-11;7-6-4-2-1-3-5-6/h7-8,10-11,13H,1-6,9H2,(H2,18,19,21);6-7H,1-5H2. The molecule has 164 valence electrons. The van der Waals surface area contributed by atoms with Crippen LogP contribution in [0, 0.1) is 5.92 Å². The summed E-state index contributed by atoms with van der Waals surface area (Å²) in [5.74, 6) is 1.19. The molecule has 3 N–H and O–H groups in total. The number of rotatable bonds is 4. The summed E-state index contributed by atoms with van der Waals surface area (Å²) in [4.78, 5) is 10.7. The number of piperidine rings is 1. The highest BCUT2D eigenvalue weighted by atomic mass is 35.5. The Labute approximate surface area is 183 Å². The third-order valence-electron chi connectivity index (χ3n) is 6.36. The highest BCUT2D eigenvalue weighted by molar-refractivity contribution is 6.32. The van der Waals surface area contributed by atoms with E-state index in [4.69, 9.17) is 22.4 Å². The number of anilines is 1. The van der Waals surface area contributed by atoms with Crippen molar-refractivity contribution in [3.05, 3.63) is 23.6 Å². The minimum absolute atomic E-state index is 0.0359. The van der Waals surface area contributed by atoms with Crippen molar-refractivity contribution in [1.82, 2.24) is 24.6 Å². The fourth-order valence-electron chi connectivity index (χ4n) is 4.36. The zero-order chi connectivity index (χ0) is 20.9. The Bertz CT molecular complexity index is 810. The zero-order valence-corrected chi connectivity index (χ0v) is 18.3. The number of nitrogens with two attached hydrogens (primary N) is 1. The summed E-state index contributed by atoms with van der Waals surface area (Å²) in [5.41, 5.74) is 7.20. The summed E-state index contributed by atoms with van der Waals surface area (Å²) < 4.78 is 2.05. The van der Waals surface area contributed by atoms with Crippen LogP contribution in [0.15, 0.2) is 18.6 Å². The van der Waals surface area contributed by atoms with Crippen LogP contribution >= 0.6 is 11.6 Å². The van der Waals surface area contributed by atoms with Crippen LogP contribution in [-0.2, 0) is 0 Å². The molecule has 3 heterocycles. The number of aliphatic hydroxyl groups is 1. The molecule has 3 fully saturated rings. The maximum atomic E-state index is 8.91. The van der Waals surface area contributed by atoms with Crippen LogP contribution in [0.2, 0.25) is 5.02 Å². The van der Waals surface area contributed by atoms with Crippen molar-refractivity contribution < 1.29 is 5.11 Å². The lowest BCUT2D eigenvalue weighted by molar-refractivity contribution is 0.130. The Morgan fingerprint density at radius 3 is 2.40 bits per heavy atom. The molecular formula is C22H33ClN6O. The molecule has 8 heteroatoms. The molecule has 0 unspecified atom stereocenters. The number of nitrogens with zero attached hydrogens (tertiary/aromatic N) is 5. The van der Waals surface area contributed by atoms with Gasteiger partial charge in [0.1, 0.15) is 0 Å². The third kappa shape index (κ3) is 5.93. The van der Waals surface area contributed by atoms with Gasteiger partial charge >= 0.3 is 0 Å². The minimum Gasteiger partial charge on any atom is -0.393 e. The highest BCUT2D eigenvalue weighted by Gasteiger charge is 2.27. The summed E-state index contributed by atoms with van der Waals surface area (Å²) in [6.45, 7) is 3.61. The second kappa shape index (κ2) is 10.1. The maximum Gasteiger partial charge on any atom is 0.220 e. The van der Waals surface area contributed by atoms with E-state index in [0.29, 0.717) is 16.8 Å². The molecular weight excluding hydrogens is 400 g/mol. The van der Waals surface area contributed by atoms with Gasteiger partial charge in [0.05, 0.1) is 35.3 Å². The predicted molar refractivity (Wildman–Crippen MR) is 119 cm³/mol. The van der Waals surface area contributed by atoms with Gasteiger partial charge < -0.3 is 15.7 Å². The average molecular weight is 433 g/mol. The van der Waals surface area contributed by atoms with Gasteiger partial charge in [-0.2, -0.15) is 5.10 Å². The fourth-order valence-corrected chi connectivity index (χ4v) is 4.56. The average Bonchev–Trinajstić information content (AvgIpc) is 3.44. The maximum absolute atomic E-state index is 8.91. The molecule has 2 aromatic rings. The lowest BCUT2D eigenvalue weighted by Crippen LogP contribution is -2.36. The number of likely N-dealkylation sites (tertiary alicyclic amines) is 1. The SMILES string of the molecule is Nc1ncc(Cl)c(-c2cnn(C3CCN(CC4CC4)CC3)c2)n1.OC1CCCCC1. The van der Waals surface area contributed by atoms with Crippen LogP contribution in [0.4, 0.5) is 5.95 Å². The van der Waals surface area contributed by atoms with E-state index in [9.17, 15) is 0 Å². The van der Waals surface area contributed by atoms with E-state index in [0.717, 1.165) is 50.3 Å². The van der Waals surface area contributed by atoms with E-state index in [1.54, 1.807) is 0 Å². The Balaban J connectivity index is 0.000000265. The van der Waals surface area contributed by atoms with Crippen LogP contribution in [0.3, 0.4) is 0 Å². The Morgan fingerprint density at radius 1 is 1.03 bits per heavy atom. The molecule has 0 amide bonds. The molecule has 0 bridgehead atoms. The Kier molecular flexibility index (Phi) is 7.23. The Morgan fingerprint density at radius 2 is 1.77 bits per heavy atom. The van der Waals surface area contributed by atoms with E-state index in [1.807, 2.05) is 12.4 Å². The largest absolute Gasteiger partial charge is 0.393 e. The molecule has 2 aliphatic carbocycles. The highest BCUT2D eigenvalue weighted by Crippen LogP contribution is 2.32. The number of nitrogen functional groups attached to an aromatic ring is 1. The summed E-state index contributed by atoms with van der Waals surface area (Å²) in [6, 6.07) is 0.456. The van der Waals surface area contributed by atoms with Crippen LogP contribution < -0.4 is 5.73 Å². The summed E-state index contributed by atoms with van der Waals surface area (Å²) in [5, 5.41) is 13.9. The van der Waals surface area contributed by atoms with Gasteiger partial charge in [-0.3, -0.25) is 4.68 Å². The quantitative estimate of drug-likeness (QED) is 0.760. The summed E-state index contributed by atoms with van der Waals surface area (Å²) >= 11 is 6.17. The number of halogens is 1. The molecule has 1 aliphatic heterocycles.